The van der Waals surface area contributed by atoms with Crippen LogP contribution < -0.4 is 10.5 Å². The number of rotatable bonds is 7. The van der Waals surface area contributed by atoms with Crippen LogP contribution in [0.15, 0.2) is 18.2 Å². The first-order chi connectivity index (χ1) is 8.58. The largest absolute Gasteiger partial charge is 0.485 e. The van der Waals surface area contributed by atoms with Gasteiger partial charge in [-0.1, -0.05) is 13.3 Å². The molecule has 0 radical (unpaired) electrons. The van der Waals surface area contributed by atoms with E-state index in [0.717, 1.165) is 19.3 Å². The molecule has 0 bridgehead atoms. The Bertz CT molecular complexity index is 371. The summed E-state index contributed by atoms with van der Waals surface area (Å²) in [6.45, 7) is 4.06. The number of unbranched alkanes of at least 4 members (excludes halogenated alkanes) is 1. The van der Waals surface area contributed by atoms with Crippen molar-refractivity contribution >= 4 is 5.69 Å². The monoisotopic (exact) mass is 255 g/mol. The van der Waals surface area contributed by atoms with Crippen molar-refractivity contribution in [1.29, 1.82) is 0 Å². The maximum Gasteiger partial charge on any atom is 0.145 e. The average molecular weight is 255 g/mol. The molecule has 0 aliphatic rings. The SMILES string of the molecule is CCCC[C@@H](Oc1cc(F)ccc1N)C(C)OC. The number of ether oxygens (including phenoxy) is 2. The van der Waals surface area contributed by atoms with Gasteiger partial charge in [0.15, 0.2) is 0 Å². The van der Waals surface area contributed by atoms with Crippen LogP contribution in [-0.2, 0) is 4.74 Å². The topological polar surface area (TPSA) is 44.5 Å². The summed E-state index contributed by atoms with van der Waals surface area (Å²) in [7, 11) is 1.64. The predicted octanol–water partition coefficient (Wildman–Crippen LogP) is 3.38. The molecule has 102 valence electrons. The lowest BCUT2D eigenvalue weighted by atomic mass is 10.1. The van der Waals surface area contributed by atoms with Gasteiger partial charge in [-0.2, -0.15) is 0 Å². The minimum absolute atomic E-state index is 0.0563. The smallest absolute Gasteiger partial charge is 0.145 e. The maximum absolute atomic E-state index is 13.2. The van der Waals surface area contributed by atoms with E-state index in [9.17, 15) is 4.39 Å². The molecular formula is C14H22FNO2. The molecule has 18 heavy (non-hydrogen) atoms. The fourth-order valence-electron chi connectivity index (χ4n) is 1.72. The second-order valence-electron chi connectivity index (χ2n) is 4.42. The summed E-state index contributed by atoms with van der Waals surface area (Å²) >= 11 is 0. The molecule has 3 nitrogen and oxygen atoms in total. The molecule has 1 rings (SSSR count). The molecule has 0 saturated heterocycles. The van der Waals surface area contributed by atoms with E-state index in [0.29, 0.717) is 11.4 Å². The Hall–Kier alpha value is -1.29. The molecule has 0 spiro atoms. The van der Waals surface area contributed by atoms with Gasteiger partial charge in [-0.25, -0.2) is 4.39 Å². The Balaban J connectivity index is 2.77. The Kier molecular flexibility index (Phi) is 5.92. The van der Waals surface area contributed by atoms with Gasteiger partial charge in [0.2, 0.25) is 0 Å². The lowest BCUT2D eigenvalue weighted by molar-refractivity contribution is 0.00913. The third-order valence-electron chi connectivity index (χ3n) is 2.99. The molecule has 0 amide bonds. The summed E-state index contributed by atoms with van der Waals surface area (Å²) in [5.74, 6) is 0.0403. The van der Waals surface area contributed by atoms with Crippen LogP contribution in [0.1, 0.15) is 33.1 Å². The van der Waals surface area contributed by atoms with E-state index in [2.05, 4.69) is 6.92 Å². The van der Waals surface area contributed by atoms with Crippen molar-refractivity contribution in [3.8, 4) is 5.75 Å². The molecule has 4 heteroatoms. The predicted molar refractivity (Wildman–Crippen MR) is 71.2 cm³/mol. The number of nitrogen functional groups attached to an aromatic ring is 1. The molecule has 2 atom stereocenters. The molecule has 2 N–H and O–H groups in total. The first-order valence-corrected chi connectivity index (χ1v) is 6.33. The number of anilines is 1. The first-order valence-electron chi connectivity index (χ1n) is 6.33. The summed E-state index contributed by atoms with van der Waals surface area (Å²) in [5.41, 5.74) is 6.22. The summed E-state index contributed by atoms with van der Waals surface area (Å²) < 4.78 is 24.2. The summed E-state index contributed by atoms with van der Waals surface area (Å²) in [4.78, 5) is 0. The number of hydrogen-bond donors (Lipinski definition) is 1. The van der Waals surface area contributed by atoms with Crippen molar-refractivity contribution in [1.82, 2.24) is 0 Å². The number of methoxy groups -OCH3 is 1. The second kappa shape index (κ2) is 7.21. The van der Waals surface area contributed by atoms with Crippen molar-refractivity contribution < 1.29 is 13.9 Å². The normalized spacial score (nSPS) is 14.2. The molecule has 0 aliphatic heterocycles. The van der Waals surface area contributed by atoms with Gasteiger partial charge >= 0.3 is 0 Å². The molecular weight excluding hydrogens is 233 g/mol. The Morgan fingerprint density at radius 2 is 2.11 bits per heavy atom. The van der Waals surface area contributed by atoms with E-state index in [4.69, 9.17) is 15.2 Å². The Morgan fingerprint density at radius 1 is 1.39 bits per heavy atom. The minimum atomic E-state index is -0.349. The maximum atomic E-state index is 13.2. The number of benzene rings is 1. The van der Waals surface area contributed by atoms with E-state index in [1.165, 1.54) is 18.2 Å². The number of halogens is 1. The average Bonchev–Trinajstić information content (AvgIpc) is 2.37. The molecule has 1 aromatic rings. The van der Waals surface area contributed by atoms with Gasteiger partial charge in [-0.15, -0.1) is 0 Å². The van der Waals surface area contributed by atoms with Crippen molar-refractivity contribution in [2.24, 2.45) is 0 Å². The van der Waals surface area contributed by atoms with Crippen LogP contribution >= 0.6 is 0 Å². The second-order valence-corrected chi connectivity index (χ2v) is 4.42. The van der Waals surface area contributed by atoms with Gasteiger partial charge in [-0.3, -0.25) is 0 Å². The van der Waals surface area contributed by atoms with Crippen LogP contribution in [-0.4, -0.2) is 19.3 Å². The fraction of sp³-hybridized carbons (Fsp3) is 0.571. The van der Waals surface area contributed by atoms with Crippen LogP contribution in [0.3, 0.4) is 0 Å². The highest BCUT2D eigenvalue weighted by molar-refractivity contribution is 5.52. The standard InChI is InChI=1S/C14H22FNO2/c1-4-5-6-13(10(2)17-3)18-14-9-11(15)7-8-12(14)16/h7-10,13H,4-6,16H2,1-3H3/t10?,13-/m1/s1. The van der Waals surface area contributed by atoms with Crippen molar-refractivity contribution in [3.05, 3.63) is 24.0 Å². The Morgan fingerprint density at radius 3 is 2.72 bits per heavy atom. The van der Waals surface area contributed by atoms with Gasteiger partial charge in [0, 0.05) is 13.2 Å². The Labute approximate surface area is 108 Å². The van der Waals surface area contributed by atoms with Crippen LogP contribution in [0.4, 0.5) is 10.1 Å². The molecule has 0 fully saturated rings. The number of nitrogens with two attached hydrogens (primary N) is 1. The molecule has 0 aromatic heterocycles. The lowest BCUT2D eigenvalue weighted by Gasteiger charge is -2.24. The van der Waals surface area contributed by atoms with Gasteiger partial charge in [0.1, 0.15) is 17.7 Å². The van der Waals surface area contributed by atoms with E-state index >= 15 is 0 Å². The zero-order valence-electron chi connectivity index (χ0n) is 11.3. The molecule has 0 heterocycles. The van der Waals surface area contributed by atoms with Crippen LogP contribution in [0.2, 0.25) is 0 Å². The summed E-state index contributed by atoms with van der Waals surface area (Å²) in [5, 5.41) is 0. The third kappa shape index (κ3) is 4.18. The highest BCUT2D eigenvalue weighted by Gasteiger charge is 2.19. The minimum Gasteiger partial charge on any atom is -0.485 e. The van der Waals surface area contributed by atoms with Crippen molar-refractivity contribution in [2.75, 3.05) is 12.8 Å². The van der Waals surface area contributed by atoms with E-state index in [1.54, 1.807) is 7.11 Å². The molecule has 0 saturated carbocycles. The zero-order chi connectivity index (χ0) is 13.5. The van der Waals surface area contributed by atoms with Gasteiger partial charge in [0.25, 0.3) is 0 Å². The summed E-state index contributed by atoms with van der Waals surface area (Å²) in [6.07, 6.45) is 2.81. The molecule has 1 aromatic carbocycles. The van der Waals surface area contributed by atoms with Crippen LogP contribution in [0, 0.1) is 5.82 Å². The quantitative estimate of drug-likeness (QED) is 0.760. The molecule has 1 unspecified atom stereocenters. The third-order valence-corrected chi connectivity index (χ3v) is 2.99. The van der Waals surface area contributed by atoms with Crippen LogP contribution in [0.5, 0.6) is 5.75 Å². The highest BCUT2D eigenvalue weighted by atomic mass is 19.1. The molecule has 0 aliphatic carbocycles. The van der Waals surface area contributed by atoms with E-state index in [-0.39, 0.29) is 18.0 Å². The lowest BCUT2D eigenvalue weighted by Crippen LogP contribution is -2.31. The highest BCUT2D eigenvalue weighted by Crippen LogP contribution is 2.25. The number of hydrogen-bond acceptors (Lipinski definition) is 3. The van der Waals surface area contributed by atoms with Crippen molar-refractivity contribution in [2.45, 2.75) is 45.3 Å². The van der Waals surface area contributed by atoms with Gasteiger partial charge in [-0.05, 0) is 31.9 Å². The van der Waals surface area contributed by atoms with Gasteiger partial charge < -0.3 is 15.2 Å². The van der Waals surface area contributed by atoms with E-state index < -0.39 is 0 Å². The first kappa shape index (κ1) is 14.8. The summed E-state index contributed by atoms with van der Waals surface area (Å²) in [6, 6.07) is 4.15. The van der Waals surface area contributed by atoms with E-state index in [1.807, 2.05) is 6.92 Å². The zero-order valence-corrected chi connectivity index (χ0v) is 11.3. The fourth-order valence-corrected chi connectivity index (χ4v) is 1.72. The van der Waals surface area contributed by atoms with Crippen LogP contribution in [0.25, 0.3) is 0 Å². The van der Waals surface area contributed by atoms with Crippen molar-refractivity contribution in [3.63, 3.8) is 0 Å². The van der Waals surface area contributed by atoms with Gasteiger partial charge in [0.05, 0.1) is 11.8 Å².